The zero-order chi connectivity index (χ0) is 22.5. The SMILES string of the molecule is CCOC(=O)c1cccc(NC(=O)C(CC)N(c2cc(C)cc(C)c2)S(C)(=O)=O)c1. The van der Waals surface area contributed by atoms with Crippen LogP contribution < -0.4 is 9.62 Å². The Morgan fingerprint density at radius 2 is 1.70 bits per heavy atom. The average molecular weight is 433 g/mol. The number of rotatable bonds is 8. The highest BCUT2D eigenvalue weighted by Crippen LogP contribution is 2.26. The molecule has 2 aromatic carbocycles. The number of anilines is 2. The first-order valence-corrected chi connectivity index (χ1v) is 11.6. The molecule has 0 aliphatic rings. The molecule has 0 heterocycles. The smallest absolute Gasteiger partial charge is 0.338 e. The minimum absolute atomic E-state index is 0.243. The zero-order valence-corrected chi connectivity index (χ0v) is 18.7. The van der Waals surface area contributed by atoms with Crippen molar-refractivity contribution in [1.82, 2.24) is 0 Å². The number of sulfonamides is 1. The summed E-state index contributed by atoms with van der Waals surface area (Å²) in [5, 5.41) is 2.73. The van der Waals surface area contributed by atoms with Crippen LogP contribution in [0.15, 0.2) is 42.5 Å². The van der Waals surface area contributed by atoms with Gasteiger partial charge in [-0.05, 0) is 68.7 Å². The fourth-order valence-electron chi connectivity index (χ4n) is 3.30. The van der Waals surface area contributed by atoms with Crippen LogP contribution in [0.25, 0.3) is 0 Å². The van der Waals surface area contributed by atoms with Gasteiger partial charge in [-0.1, -0.05) is 19.1 Å². The standard InChI is InChI=1S/C22H28N2O5S/c1-6-20(24(30(5,27)28)19-12-15(3)11-16(4)13-19)21(25)23-18-10-8-9-17(14-18)22(26)29-7-2/h8-14,20H,6-7H2,1-5H3,(H,23,25). The highest BCUT2D eigenvalue weighted by Gasteiger charge is 2.32. The summed E-state index contributed by atoms with van der Waals surface area (Å²) in [6, 6.07) is 10.8. The largest absolute Gasteiger partial charge is 0.462 e. The van der Waals surface area contributed by atoms with E-state index in [1.54, 1.807) is 44.2 Å². The lowest BCUT2D eigenvalue weighted by Crippen LogP contribution is -2.47. The van der Waals surface area contributed by atoms with Gasteiger partial charge in [0.05, 0.1) is 24.1 Å². The minimum atomic E-state index is -3.73. The number of carbonyl (C=O) groups excluding carboxylic acids is 2. The van der Waals surface area contributed by atoms with Gasteiger partial charge < -0.3 is 10.1 Å². The summed E-state index contributed by atoms with van der Waals surface area (Å²) in [5.74, 6) is -0.975. The Labute approximate surface area is 178 Å². The Morgan fingerprint density at radius 3 is 2.23 bits per heavy atom. The number of hydrogen-bond acceptors (Lipinski definition) is 5. The van der Waals surface area contributed by atoms with E-state index in [0.717, 1.165) is 21.7 Å². The molecule has 0 bridgehead atoms. The molecule has 0 aromatic heterocycles. The van der Waals surface area contributed by atoms with Crippen LogP contribution in [0.4, 0.5) is 11.4 Å². The van der Waals surface area contributed by atoms with Crippen LogP contribution >= 0.6 is 0 Å². The molecule has 0 saturated heterocycles. The van der Waals surface area contributed by atoms with E-state index in [-0.39, 0.29) is 13.0 Å². The van der Waals surface area contributed by atoms with E-state index < -0.39 is 27.9 Å². The van der Waals surface area contributed by atoms with Crippen molar-refractivity contribution in [1.29, 1.82) is 0 Å². The van der Waals surface area contributed by atoms with Crippen LogP contribution in [0.3, 0.4) is 0 Å². The molecule has 1 atom stereocenters. The lowest BCUT2D eigenvalue weighted by Gasteiger charge is -2.30. The summed E-state index contributed by atoms with van der Waals surface area (Å²) in [6.07, 6.45) is 1.35. The predicted octanol–water partition coefficient (Wildman–Crippen LogP) is 3.66. The third kappa shape index (κ3) is 5.82. The van der Waals surface area contributed by atoms with Gasteiger partial charge >= 0.3 is 5.97 Å². The van der Waals surface area contributed by atoms with Crippen molar-refractivity contribution in [2.24, 2.45) is 0 Å². The van der Waals surface area contributed by atoms with E-state index in [4.69, 9.17) is 4.74 Å². The Morgan fingerprint density at radius 1 is 1.07 bits per heavy atom. The van der Waals surface area contributed by atoms with Crippen LogP contribution in [0.5, 0.6) is 0 Å². The first-order valence-electron chi connectivity index (χ1n) is 9.72. The summed E-state index contributed by atoms with van der Waals surface area (Å²) in [6.45, 7) is 7.45. The quantitative estimate of drug-likeness (QED) is 0.643. The van der Waals surface area contributed by atoms with Gasteiger partial charge in [0.25, 0.3) is 0 Å². The van der Waals surface area contributed by atoms with Gasteiger partial charge in [0.15, 0.2) is 0 Å². The molecule has 1 N–H and O–H groups in total. The number of nitrogens with one attached hydrogen (secondary N) is 1. The van der Waals surface area contributed by atoms with Crippen LogP contribution in [0, 0.1) is 13.8 Å². The highest BCUT2D eigenvalue weighted by molar-refractivity contribution is 7.92. The second-order valence-corrected chi connectivity index (χ2v) is 8.98. The first-order chi connectivity index (χ1) is 14.1. The van der Waals surface area contributed by atoms with Gasteiger partial charge in [-0.3, -0.25) is 9.10 Å². The van der Waals surface area contributed by atoms with Crippen molar-refractivity contribution >= 4 is 33.3 Å². The maximum absolute atomic E-state index is 13.0. The van der Waals surface area contributed by atoms with Crippen molar-refractivity contribution < 1.29 is 22.7 Å². The van der Waals surface area contributed by atoms with Crippen molar-refractivity contribution in [3.63, 3.8) is 0 Å². The lowest BCUT2D eigenvalue weighted by atomic mass is 10.1. The van der Waals surface area contributed by atoms with Crippen molar-refractivity contribution in [2.75, 3.05) is 22.5 Å². The van der Waals surface area contributed by atoms with Crippen molar-refractivity contribution in [2.45, 2.75) is 40.2 Å². The summed E-state index contributed by atoms with van der Waals surface area (Å²) in [5.41, 5.74) is 2.93. The zero-order valence-electron chi connectivity index (χ0n) is 17.9. The number of ether oxygens (including phenoxy) is 1. The first kappa shape index (κ1) is 23.4. The number of amides is 1. The third-order valence-corrected chi connectivity index (χ3v) is 5.61. The molecule has 0 fully saturated rings. The normalized spacial score (nSPS) is 12.2. The van der Waals surface area contributed by atoms with Gasteiger partial charge in [0, 0.05) is 5.69 Å². The molecule has 1 unspecified atom stereocenters. The summed E-state index contributed by atoms with van der Waals surface area (Å²) < 4.78 is 31.4. The van der Waals surface area contributed by atoms with E-state index in [0.29, 0.717) is 16.9 Å². The van der Waals surface area contributed by atoms with E-state index in [1.165, 1.54) is 6.07 Å². The molecule has 162 valence electrons. The van der Waals surface area contributed by atoms with Crippen LogP contribution in [-0.4, -0.2) is 39.2 Å². The molecule has 0 spiro atoms. The van der Waals surface area contributed by atoms with Gasteiger partial charge in [0.1, 0.15) is 6.04 Å². The summed E-state index contributed by atoms with van der Waals surface area (Å²) >= 11 is 0. The number of hydrogen-bond donors (Lipinski definition) is 1. The monoisotopic (exact) mass is 432 g/mol. The average Bonchev–Trinajstić information content (AvgIpc) is 2.64. The molecule has 2 aromatic rings. The Bertz CT molecular complexity index is 1010. The second kappa shape index (κ2) is 9.75. The van der Waals surface area contributed by atoms with Gasteiger partial charge in [-0.15, -0.1) is 0 Å². The Balaban J connectivity index is 2.37. The maximum Gasteiger partial charge on any atom is 0.338 e. The molecule has 0 saturated carbocycles. The molecular weight excluding hydrogens is 404 g/mol. The highest BCUT2D eigenvalue weighted by atomic mass is 32.2. The number of aryl methyl sites for hydroxylation is 2. The molecule has 0 aliphatic heterocycles. The Kier molecular flexibility index (Phi) is 7.61. The fourth-order valence-corrected chi connectivity index (χ4v) is 4.50. The summed E-state index contributed by atoms with van der Waals surface area (Å²) in [7, 11) is -3.73. The van der Waals surface area contributed by atoms with Crippen LogP contribution in [0.1, 0.15) is 41.8 Å². The van der Waals surface area contributed by atoms with E-state index in [2.05, 4.69) is 5.32 Å². The van der Waals surface area contributed by atoms with Gasteiger partial charge in [-0.2, -0.15) is 0 Å². The predicted molar refractivity (Wildman–Crippen MR) is 118 cm³/mol. The molecule has 2 rings (SSSR count). The van der Waals surface area contributed by atoms with Gasteiger partial charge in [0.2, 0.25) is 15.9 Å². The molecule has 0 radical (unpaired) electrons. The van der Waals surface area contributed by atoms with Crippen molar-refractivity contribution in [3.05, 3.63) is 59.2 Å². The number of carbonyl (C=O) groups is 2. The lowest BCUT2D eigenvalue weighted by molar-refractivity contribution is -0.117. The van der Waals surface area contributed by atoms with Crippen LogP contribution in [0.2, 0.25) is 0 Å². The van der Waals surface area contributed by atoms with Gasteiger partial charge in [-0.25, -0.2) is 13.2 Å². The number of nitrogens with zero attached hydrogens (tertiary/aromatic N) is 1. The second-order valence-electron chi connectivity index (χ2n) is 7.12. The minimum Gasteiger partial charge on any atom is -0.462 e. The van der Waals surface area contributed by atoms with E-state index >= 15 is 0 Å². The fraction of sp³-hybridized carbons (Fsp3) is 0.364. The maximum atomic E-state index is 13.0. The third-order valence-electron chi connectivity index (χ3n) is 4.43. The molecule has 8 heteroatoms. The molecule has 30 heavy (non-hydrogen) atoms. The number of esters is 1. The van der Waals surface area contributed by atoms with E-state index in [9.17, 15) is 18.0 Å². The molecule has 1 amide bonds. The van der Waals surface area contributed by atoms with Crippen LogP contribution in [-0.2, 0) is 19.6 Å². The summed E-state index contributed by atoms with van der Waals surface area (Å²) in [4.78, 5) is 25.0. The van der Waals surface area contributed by atoms with Crippen molar-refractivity contribution in [3.8, 4) is 0 Å². The molecule has 7 nitrogen and oxygen atoms in total. The molecule has 0 aliphatic carbocycles. The topological polar surface area (TPSA) is 92.8 Å². The van der Waals surface area contributed by atoms with E-state index in [1.807, 2.05) is 19.9 Å². The molecular formula is C22H28N2O5S. The number of benzene rings is 2. The Hall–Kier alpha value is -2.87.